The van der Waals surface area contributed by atoms with Crippen LogP contribution in [-0.4, -0.2) is 23.3 Å². The minimum atomic E-state index is 0.185. The van der Waals surface area contributed by atoms with Crippen molar-refractivity contribution in [2.45, 2.75) is 32.3 Å². The Morgan fingerprint density at radius 3 is 2.82 bits per heavy atom. The molecule has 2 aromatic heterocycles. The number of para-hydroxylation sites is 1. The van der Waals surface area contributed by atoms with Gasteiger partial charge in [0.25, 0.3) is 0 Å². The van der Waals surface area contributed by atoms with Crippen molar-refractivity contribution in [3.05, 3.63) is 59.4 Å². The van der Waals surface area contributed by atoms with Gasteiger partial charge in [-0.3, -0.25) is 4.98 Å². The zero-order valence-electron chi connectivity index (χ0n) is 12.9. The van der Waals surface area contributed by atoms with Gasteiger partial charge in [-0.2, -0.15) is 0 Å². The van der Waals surface area contributed by atoms with Gasteiger partial charge in [0.2, 0.25) is 0 Å². The maximum Gasteiger partial charge on any atom is 0.174 e. The number of benzene rings is 1. The molecular weight excluding hydrogens is 269 g/mol. The van der Waals surface area contributed by atoms with E-state index in [2.05, 4.69) is 58.6 Å². The lowest BCUT2D eigenvalue weighted by Gasteiger charge is -2.29. The summed E-state index contributed by atoms with van der Waals surface area (Å²) in [7, 11) is 2.02. The molecule has 1 aliphatic heterocycles. The second-order valence-electron chi connectivity index (χ2n) is 6.07. The van der Waals surface area contributed by atoms with Crippen LogP contribution in [-0.2, 0) is 6.42 Å². The molecule has 0 bridgehead atoms. The number of hydrogen-bond acceptors (Lipinski definition) is 2. The first-order valence-corrected chi connectivity index (χ1v) is 7.87. The Kier molecular flexibility index (Phi) is 3.27. The number of pyridine rings is 1. The van der Waals surface area contributed by atoms with Gasteiger partial charge in [0.05, 0.1) is 6.04 Å². The molecule has 3 heterocycles. The second-order valence-corrected chi connectivity index (χ2v) is 6.07. The molecule has 2 unspecified atom stereocenters. The quantitative estimate of drug-likeness (QED) is 0.712. The molecule has 4 rings (SSSR count). The van der Waals surface area contributed by atoms with E-state index in [1.54, 1.807) is 0 Å². The highest BCUT2D eigenvalue weighted by Crippen LogP contribution is 2.34. The monoisotopic (exact) mass is 288 g/mol. The van der Waals surface area contributed by atoms with Crippen LogP contribution in [0, 0.1) is 0 Å². The summed E-state index contributed by atoms with van der Waals surface area (Å²) >= 11 is 0. The predicted molar refractivity (Wildman–Crippen MR) is 91.9 cm³/mol. The van der Waals surface area contributed by atoms with E-state index in [-0.39, 0.29) is 6.04 Å². The third-order valence-electron chi connectivity index (χ3n) is 4.54. The summed E-state index contributed by atoms with van der Waals surface area (Å²) in [5.41, 5.74) is 6.18. The van der Waals surface area contributed by atoms with Gasteiger partial charge in [0.1, 0.15) is 0 Å². The van der Waals surface area contributed by atoms with E-state index in [4.69, 9.17) is 0 Å². The van der Waals surface area contributed by atoms with Gasteiger partial charge >= 0.3 is 0 Å². The van der Waals surface area contributed by atoms with Gasteiger partial charge in [-0.05, 0) is 36.1 Å². The van der Waals surface area contributed by atoms with Crippen molar-refractivity contribution in [3.63, 3.8) is 0 Å². The lowest BCUT2D eigenvalue weighted by atomic mass is 9.77. The molecule has 1 aromatic carbocycles. The third kappa shape index (κ3) is 2.15. The number of H-pyrrole nitrogens is 1. The minimum Gasteiger partial charge on any atom is -0.357 e. The van der Waals surface area contributed by atoms with Crippen molar-refractivity contribution in [3.8, 4) is 0 Å². The van der Waals surface area contributed by atoms with Gasteiger partial charge in [-0.1, -0.05) is 37.2 Å². The zero-order valence-corrected chi connectivity index (χ0v) is 12.9. The highest BCUT2D eigenvalue weighted by Gasteiger charge is 2.28. The van der Waals surface area contributed by atoms with E-state index < -0.39 is 0 Å². The molecule has 3 aromatic rings. The maximum atomic E-state index is 4.51. The largest absolute Gasteiger partial charge is 0.357 e. The summed E-state index contributed by atoms with van der Waals surface area (Å²) in [6.07, 6.45) is 3.05. The minimum absolute atomic E-state index is 0.185. The molecular formula is C18H19BN3. The van der Waals surface area contributed by atoms with Crippen molar-refractivity contribution >= 4 is 23.8 Å². The maximum absolute atomic E-state index is 4.51. The molecule has 4 heteroatoms. The summed E-state index contributed by atoms with van der Waals surface area (Å²) in [5.74, 6) is 0. The Morgan fingerprint density at radius 2 is 2.05 bits per heavy atom. The summed E-state index contributed by atoms with van der Waals surface area (Å²) in [5, 5.41) is 5.06. The Balaban J connectivity index is 1.84. The molecule has 0 amide bonds. The van der Waals surface area contributed by atoms with Gasteiger partial charge in [-0.15, -0.1) is 0 Å². The Morgan fingerprint density at radius 1 is 1.18 bits per heavy atom. The lowest BCUT2D eigenvalue weighted by molar-refractivity contribution is 0.459. The third-order valence-corrected chi connectivity index (χ3v) is 4.54. The first kappa shape index (κ1) is 13.6. The Bertz CT molecular complexity index is 807. The van der Waals surface area contributed by atoms with Crippen LogP contribution in [0.4, 0.5) is 0 Å². The van der Waals surface area contributed by atoms with E-state index in [1.165, 1.54) is 27.7 Å². The smallest absolute Gasteiger partial charge is 0.174 e. The molecule has 109 valence electrons. The highest BCUT2D eigenvalue weighted by molar-refractivity contribution is 6.50. The number of aromatic amines is 1. The number of hydrogen-bond donors (Lipinski definition) is 2. The topological polar surface area (TPSA) is 40.7 Å². The molecule has 0 spiro atoms. The number of fused-ring (bicyclic) bond motifs is 3. The van der Waals surface area contributed by atoms with Crippen molar-refractivity contribution in [1.82, 2.24) is 15.3 Å². The van der Waals surface area contributed by atoms with E-state index in [0.29, 0.717) is 6.04 Å². The normalized spacial score (nSPS) is 20.8. The number of rotatable bonds is 2. The Labute approximate surface area is 131 Å². The SMILES string of the molecule is C[B]c1ccc(C2NC(C)Cc3c2[nH]c2ccccc32)cn1. The van der Waals surface area contributed by atoms with Crippen molar-refractivity contribution in [1.29, 1.82) is 0 Å². The zero-order chi connectivity index (χ0) is 15.1. The van der Waals surface area contributed by atoms with E-state index in [1.807, 2.05) is 20.3 Å². The molecule has 3 nitrogen and oxygen atoms in total. The second kappa shape index (κ2) is 5.29. The fraction of sp³-hybridized carbons (Fsp3) is 0.278. The highest BCUT2D eigenvalue weighted by atomic mass is 15.0. The van der Waals surface area contributed by atoms with E-state index in [9.17, 15) is 0 Å². The van der Waals surface area contributed by atoms with Crippen LogP contribution in [0.5, 0.6) is 0 Å². The summed E-state index contributed by atoms with van der Waals surface area (Å²) in [6, 6.07) is 13.5. The molecule has 0 saturated heterocycles. The first-order valence-electron chi connectivity index (χ1n) is 7.87. The van der Waals surface area contributed by atoms with Crippen molar-refractivity contribution < 1.29 is 0 Å². The molecule has 1 radical (unpaired) electrons. The molecule has 1 aliphatic rings. The van der Waals surface area contributed by atoms with Crippen LogP contribution >= 0.6 is 0 Å². The fourth-order valence-corrected chi connectivity index (χ4v) is 3.44. The van der Waals surface area contributed by atoms with Crippen LogP contribution in [0.15, 0.2) is 42.6 Å². The molecule has 0 aliphatic carbocycles. The van der Waals surface area contributed by atoms with E-state index in [0.717, 1.165) is 12.0 Å². The van der Waals surface area contributed by atoms with Crippen LogP contribution in [0.25, 0.3) is 10.9 Å². The number of nitrogens with zero attached hydrogens (tertiary/aromatic N) is 1. The molecule has 22 heavy (non-hydrogen) atoms. The summed E-state index contributed by atoms with van der Waals surface area (Å²) in [6.45, 7) is 4.26. The van der Waals surface area contributed by atoms with Crippen LogP contribution in [0.3, 0.4) is 0 Å². The average Bonchev–Trinajstić information content (AvgIpc) is 2.93. The molecule has 2 N–H and O–H groups in total. The van der Waals surface area contributed by atoms with Crippen LogP contribution in [0.1, 0.15) is 29.8 Å². The van der Waals surface area contributed by atoms with Crippen LogP contribution in [0.2, 0.25) is 6.82 Å². The fourth-order valence-electron chi connectivity index (χ4n) is 3.44. The average molecular weight is 288 g/mol. The van der Waals surface area contributed by atoms with Gasteiger partial charge in [-0.25, -0.2) is 0 Å². The number of aromatic nitrogens is 2. The van der Waals surface area contributed by atoms with Crippen LogP contribution < -0.4 is 10.9 Å². The van der Waals surface area contributed by atoms with Gasteiger partial charge in [0, 0.05) is 28.8 Å². The van der Waals surface area contributed by atoms with Gasteiger partial charge in [0.15, 0.2) is 7.28 Å². The number of nitrogens with one attached hydrogen (secondary N) is 2. The van der Waals surface area contributed by atoms with Crippen molar-refractivity contribution in [2.24, 2.45) is 0 Å². The molecule has 0 fully saturated rings. The standard InChI is InChI=1S/C18H19BN3/c1-11-9-14-13-5-3-4-6-15(13)22-18(14)17(21-11)12-7-8-16(19-2)20-10-12/h3-8,10-11,17,21-22H,9H2,1-2H3. The van der Waals surface area contributed by atoms with Crippen molar-refractivity contribution in [2.75, 3.05) is 0 Å². The molecule has 2 atom stereocenters. The summed E-state index contributed by atoms with van der Waals surface area (Å²) in [4.78, 5) is 8.13. The lowest BCUT2D eigenvalue weighted by Crippen LogP contribution is -2.38. The van der Waals surface area contributed by atoms with Gasteiger partial charge < -0.3 is 10.3 Å². The Hall–Kier alpha value is -2.07. The first-order chi connectivity index (χ1) is 10.8. The molecule has 0 saturated carbocycles. The summed E-state index contributed by atoms with van der Waals surface area (Å²) < 4.78 is 0. The predicted octanol–water partition coefficient (Wildman–Crippen LogP) is 2.56. The van der Waals surface area contributed by atoms with E-state index >= 15 is 0 Å².